The maximum absolute atomic E-state index is 17.3. The Balaban J connectivity index is 2.01. The fourth-order valence-electron chi connectivity index (χ4n) is 4.28. The van der Waals surface area contributed by atoms with Gasteiger partial charge in [-0.15, -0.1) is 0 Å². The van der Waals surface area contributed by atoms with E-state index in [9.17, 15) is 9.90 Å². The lowest BCUT2D eigenvalue weighted by Gasteiger charge is -2.44. The van der Waals surface area contributed by atoms with Crippen molar-refractivity contribution in [2.45, 2.75) is 11.1 Å². The Hall–Kier alpha value is -3.92. The largest absolute Gasteiger partial charge is 0.490 e. The molecule has 1 unspecified atom stereocenters. The summed E-state index contributed by atoms with van der Waals surface area (Å²) in [4.78, 5) is 12.8. The molecule has 32 heavy (non-hydrogen) atoms. The highest BCUT2D eigenvalue weighted by Gasteiger charge is 2.61. The van der Waals surface area contributed by atoms with Crippen molar-refractivity contribution in [3.05, 3.63) is 138 Å². The number of hydrogen-bond acceptors (Lipinski definition) is 2. The smallest absolute Gasteiger partial charge is 0.346 e. The van der Waals surface area contributed by atoms with Crippen LogP contribution < -0.4 is 4.74 Å². The number of para-hydroxylation sites is 1. The first-order chi connectivity index (χ1) is 15.6. The number of rotatable bonds is 8. The maximum Gasteiger partial charge on any atom is 0.346 e. The van der Waals surface area contributed by atoms with Crippen LogP contribution in [0.4, 0.5) is 4.39 Å². The number of carboxylic acids is 1. The van der Waals surface area contributed by atoms with Crippen molar-refractivity contribution in [2.75, 3.05) is 6.61 Å². The number of carboxylic acid groups (broad SMARTS) is 1. The van der Waals surface area contributed by atoms with Gasteiger partial charge >= 0.3 is 5.97 Å². The molecule has 0 aromatic heterocycles. The van der Waals surface area contributed by atoms with E-state index in [1.807, 2.05) is 24.3 Å². The Kier molecular flexibility index (Phi) is 6.04. The van der Waals surface area contributed by atoms with E-state index < -0.39 is 23.7 Å². The summed E-state index contributed by atoms with van der Waals surface area (Å²) in [5, 5.41) is 10.4. The highest BCUT2D eigenvalue weighted by atomic mass is 19.1. The first-order valence-corrected chi connectivity index (χ1v) is 10.4. The van der Waals surface area contributed by atoms with Gasteiger partial charge in [0.05, 0.1) is 5.41 Å². The van der Waals surface area contributed by atoms with Gasteiger partial charge in [-0.05, 0) is 28.8 Å². The van der Waals surface area contributed by atoms with Gasteiger partial charge in [0, 0.05) is 0 Å². The third-order valence-corrected chi connectivity index (χ3v) is 5.73. The second kappa shape index (κ2) is 9.06. The minimum absolute atomic E-state index is 0.402. The van der Waals surface area contributed by atoms with Crippen molar-refractivity contribution >= 4 is 5.97 Å². The molecule has 0 heterocycles. The van der Waals surface area contributed by atoms with Gasteiger partial charge in [-0.25, -0.2) is 9.18 Å². The number of aliphatic carboxylic acids is 1. The van der Waals surface area contributed by atoms with E-state index in [2.05, 4.69) is 0 Å². The average Bonchev–Trinajstić information content (AvgIpc) is 2.86. The molecule has 0 amide bonds. The van der Waals surface area contributed by atoms with Crippen molar-refractivity contribution in [2.24, 2.45) is 0 Å². The fourth-order valence-corrected chi connectivity index (χ4v) is 4.28. The minimum atomic E-state index is -2.83. The summed E-state index contributed by atoms with van der Waals surface area (Å²) in [6.45, 7) is -0.676. The number of ether oxygens (including phenoxy) is 1. The molecule has 3 nitrogen and oxygen atoms in total. The van der Waals surface area contributed by atoms with Crippen molar-refractivity contribution < 1.29 is 19.0 Å². The summed E-state index contributed by atoms with van der Waals surface area (Å²) in [6, 6.07) is 35.5. The molecule has 0 saturated carbocycles. The van der Waals surface area contributed by atoms with E-state index in [1.54, 1.807) is 97.1 Å². The Labute approximate surface area is 186 Å². The van der Waals surface area contributed by atoms with Gasteiger partial charge in [-0.2, -0.15) is 0 Å². The van der Waals surface area contributed by atoms with Gasteiger partial charge in [-0.1, -0.05) is 109 Å². The molecule has 0 bridgehead atoms. The van der Waals surface area contributed by atoms with Crippen molar-refractivity contribution in [3.8, 4) is 5.75 Å². The molecular formula is C28H23FO3. The second-order valence-electron chi connectivity index (χ2n) is 7.56. The number of carbonyl (C=O) groups is 1. The number of alkyl halides is 1. The summed E-state index contributed by atoms with van der Waals surface area (Å²) in [6.07, 6.45) is 0. The molecule has 0 radical (unpaired) electrons. The molecule has 4 aromatic carbocycles. The molecule has 1 atom stereocenters. The highest BCUT2D eigenvalue weighted by Crippen LogP contribution is 2.50. The maximum atomic E-state index is 17.3. The van der Waals surface area contributed by atoms with E-state index in [0.717, 1.165) is 0 Å². The van der Waals surface area contributed by atoms with Gasteiger partial charge in [-0.3, -0.25) is 0 Å². The lowest BCUT2D eigenvalue weighted by Crippen LogP contribution is -2.58. The third-order valence-electron chi connectivity index (χ3n) is 5.73. The van der Waals surface area contributed by atoms with E-state index in [-0.39, 0.29) is 0 Å². The number of benzene rings is 4. The van der Waals surface area contributed by atoms with E-state index >= 15 is 4.39 Å². The average molecular weight is 426 g/mol. The number of hydrogen-bond donors (Lipinski definition) is 1. The van der Waals surface area contributed by atoms with E-state index in [0.29, 0.717) is 22.4 Å². The van der Waals surface area contributed by atoms with Crippen LogP contribution >= 0.6 is 0 Å². The summed E-state index contributed by atoms with van der Waals surface area (Å²) < 4.78 is 23.0. The molecule has 160 valence electrons. The molecule has 0 aliphatic rings. The van der Waals surface area contributed by atoms with Crippen LogP contribution in [0.1, 0.15) is 16.7 Å². The Morgan fingerprint density at radius 3 is 1.34 bits per heavy atom. The lowest BCUT2D eigenvalue weighted by molar-refractivity contribution is -0.157. The normalized spacial score (nSPS) is 13.2. The molecule has 4 aromatic rings. The first kappa shape index (κ1) is 21.3. The van der Waals surface area contributed by atoms with E-state index in [1.165, 1.54) is 0 Å². The molecule has 1 N–H and O–H groups in total. The third kappa shape index (κ3) is 3.65. The van der Waals surface area contributed by atoms with Crippen molar-refractivity contribution in [1.82, 2.24) is 0 Å². The molecule has 4 heteroatoms. The van der Waals surface area contributed by atoms with Crippen LogP contribution in [0.15, 0.2) is 121 Å². The fraction of sp³-hybridized carbons (Fsp3) is 0.107. The molecule has 4 rings (SSSR count). The molecule has 0 saturated heterocycles. The van der Waals surface area contributed by atoms with Crippen LogP contribution in [-0.4, -0.2) is 23.4 Å². The van der Waals surface area contributed by atoms with Crippen molar-refractivity contribution in [3.63, 3.8) is 0 Å². The lowest BCUT2D eigenvalue weighted by atomic mass is 9.60. The van der Waals surface area contributed by atoms with Crippen LogP contribution in [0, 0.1) is 0 Å². The highest BCUT2D eigenvalue weighted by molar-refractivity contribution is 5.84. The van der Waals surface area contributed by atoms with Gasteiger partial charge in [0.15, 0.2) is 0 Å². The second-order valence-corrected chi connectivity index (χ2v) is 7.56. The zero-order valence-corrected chi connectivity index (χ0v) is 17.4. The topological polar surface area (TPSA) is 46.5 Å². The Morgan fingerprint density at radius 1 is 0.656 bits per heavy atom. The van der Waals surface area contributed by atoms with Gasteiger partial charge in [0.2, 0.25) is 0 Å². The van der Waals surface area contributed by atoms with Crippen LogP contribution in [0.2, 0.25) is 0 Å². The van der Waals surface area contributed by atoms with Crippen LogP contribution in [0.3, 0.4) is 0 Å². The standard InChI is InChI=1S/C28H23FO3/c29-27(26(30)31,21-32-25-19-11-4-12-20-25)28(22-13-5-1-6-14-22,23-15-7-2-8-16-23)24-17-9-3-10-18-24/h1-20H,21H2,(H,30,31). The number of halogens is 1. The minimum Gasteiger partial charge on any atom is -0.490 e. The van der Waals surface area contributed by atoms with Crippen LogP contribution in [0.25, 0.3) is 0 Å². The van der Waals surface area contributed by atoms with Gasteiger partial charge in [0.1, 0.15) is 12.4 Å². The molecule has 0 fully saturated rings. The molecule has 0 spiro atoms. The molecule has 0 aliphatic carbocycles. The summed E-state index contributed by atoms with van der Waals surface area (Å²) in [5.41, 5.74) is -2.90. The zero-order valence-electron chi connectivity index (χ0n) is 17.4. The molecular weight excluding hydrogens is 403 g/mol. The first-order valence-electron chi connectivity index (χ1n) is 10.4. The van der Waals surface area contributed by atoms with Gasteiger partial charge in [0.25, 0.3) is 5.67 Å². The van der Waals surface area contributed by atoms with Crippen molar-refractivity contribution in [1.29, 1.82) is 0 Å². The monoisotopic (exact) mass is 426 g/mol. The van der Waals surface area contributed by atoms with Gasteiger partial charge < -0.3 is 9.84 Å². The van der Waals surface area contributed by atoms with Crippen LogP contribution in [-0.2, 0) is 10.2 Å². The summed E-state index contributed by atoms with van der Waals surface area (Å²) >= 11 is 0. The summed E-state index contributed by atoms with van der Waals surface area (Å²) in [5.74, 6) is -1.19. The predicted molar refractivity (Wildman–Crippen MR) is 123 cm³/mol. The van der Waals surface area contributed by atoms with Crippen LogP contribution in [0.5, 0.6) is 5.75 Å². The van der Waals surface area contributed by atoms with E-state index in [4.69, 9.17) is 4.74 Å². The predicted octanol–water partition coefficient (Wildman–Crippen LogP) is 5.89. The summed E-state index contributed by atoms with van der Waals surface area (Å²) in [7, 11) is 0. The Morgan fingerprint density at radius 2 is 1.00 bits per heavy atom. The quantitative estimate of drug-likeness (QED) is 0.357. The molecule has 0 aliphatic heterocycles. The zero-order chi connectivity index (χ0) is 22.4. The SMILES string of the molecule is O=C(O)C(F)(COc1ccccc1)C(c1ccccc1)(c1ccccc1)c1ccccc1. The Bertz CT molecular complexity index is 1050.